The number of fused-ring (bicyclic) bond motifs is 1. The van der Waals surface area contributed by atoms with Gasteiger partial charge in [-0.25, -0.2) is 9.97 Å². The molecule has 2 aromatic rings. The molecule has 0 radical (unpaired) electrons. The van der Waals surface area contributed by atoms with Gasteiger partial charge in [0.2, 0.25) is 5.89 Å². The molecule has 0 saturated heterocycles. The van der Waals surface area contributed by atoms with Crippen LogP contribution in [-0.2, 0) is 25.4 Å². The number of aromatic nitrogens is 4. The summed E-state index contributed by atoms with van der Waals surface area (Å²) in [7, 11) is 0. The standard InChI is InChI=1S/C16H19F3N4O/c1-8(2)6-13-22-15(24-23-13)10-4-5-12-11(7-10)14(16(17,18)19)21-9(3)20-12/h8,10H,4-7H2,1-3H3/t10-/m1/s1. The Hall–Kier alpha value is -1.99. The van der Waals surface area contributed by atoms with Crippen LogP contribution in [0.15, 0.2) is 4.52 Å². The Balaban J connectivity index is 1.90. The van der Waals surface area contributed by atoms with Crippen LogP contribution in [0.1, 0.15) is 60.7 Å². The van der Waals surface area contributed by atoms with Crippen LogP contribution < -0.4 is 0 Å². The molecule has 0 N–H and O–H groups in total. The van der Waals surface area contributed by atoms with Crippen molar-refractivity contribution < 1.29 is 17.7 Å². The normalized spacial score (nSPS) is 18.0. The number of rotatable bonds is 3. The van der Waals surface area contributed by atoms with Gasteiger partial charge < -0.3 is 4.52 Å². The summed E-state index contributed by atoms with van der Waals surface area (Å²) in [5.74, 6) is 1.32. The van der Waals surface area contributed by atoms with Crippen molar-refractivity contribution in [3.05, 3.63) is 34.5 Å². The first kappa shape index (κ1) is 16.9. The van der Waals surface area contributed by atoms with E-state index in [9.17, 15) is 13.2 Å². The van der Waals surface area contributed by atoms with Crippen molar-refractivity contribution in [1.82, 2.24) is 20.1 Å². The summed E-state index contributed by atoms with van der Waals surface area (Å²) < 4.78 is 45.2. The van der Waals surface area contributed by atoms with Crippen molar-refractivity contribution in [3.63, 3.8) is 0 Å². The highest BCUT2D eigenvalue weighted by Gasteiger charge is 2.39. The Bertz CT molecular complexity index is 739. The van der Waals surface area contributed by atoms with Crippen molar-refractivity contribution in [1.29, 1.82) is 0 Å². The van der Waals surface area contributed by atoms with Crippen LogP contribution in [0.3, 0.4) is 0 Å². The molecule has 0 aromatic carbocycles. The van der Waals surface area contributed by atoms with Gasteiger partial charge in [-0.1, -0.05) is 19.0 Å². The molecule has 0 saturated carbocycles. The third-order valence-corrected chi connectivity index (χ3v) is 4.08. The topological polar surface area (TPSA) is 64.7 Å². The molecule has 24 heavy (non-hydrogen) atoms. The summed E-state index contributed by atoms with van der Waals surface area (Å²) in [6.07, 6.45) is -2.54. The number of hydrogen-bond donors (Lipinski definition) is 0. The zero-order valence-electron chi connectivity index (χ0n) is 13.8. The molecule has 1 aliphatic rings. The maximum Gasteiger partial charge on any atom is 0.433 e. The van der Waals surface area contributed by atoms with E-state index in [1.54, 1.807) is 0 Å². The molecule has 0 amide bonds. The highest BCUT2D eigenvalue weighted by atomic mass is 19.4. The lowest BCUT2D eigenvalue weighted by Gasteiger charge is -2.24. The number of nitrogens with zero attached hydrogens (tertiary/aromatic N) is 4. The van der Waals surface area contributed by atoms with Crippen molar-refractivity contribution in [2.75, 3.05) is 0 Å². The molecular weight excluding hydrogens is 321 g/mol. The van der Waals surface area contributed by atoms with E-state index in [1.165, 1.54) is 6.92 Å². The van der Waals surface area contributed by atoms with Crippen LogP contribution in [0.25, 0.3) is 0 Å². The monoisotopic (exact) mass is 340 g/mol. The van der Waals surface area contributed by atoms with Crippen LogP contribution >= 0.6 is 0 Å². The second kappa shape index (κ2) is 6.14. The van der Waals surface area contributed by atoms with Crippen LogP contribution in [0.5, 0.6) is 0 Å². The first-order valence-corrected chi connectivity index (χ1v) is 8.00. The number of aryl methyl sites for hydroxylation is 2. The summed E-state index contributed by atoms with van der Waals surface area (Å²) in [4.78, 5) is 12.2. The fourth-order valence-electron chi connectivity index (χ4n) is 3.06. The van der Waals surface area contributed by atoms with Gasteiger partial charge in [0.1, 0.15) is 5.82 Å². The van der Waals surface area contributed by atoms with E-state index in [0.29, 0.717) is 42.6 Å². The molecule has 1 aliphatic carbocycles. The molecule has 8 heteroatoms. The highest BCUT2D eigenvalue weighted by Crippen LogP contribution is 2.38. The first-order valence-electron chi connectivity index (χ1n) is 8.00. The summed E-state index contributed by atoms with van der Waals surface area (Å²) in [6.45, 7) is 5.57. The summed E-state index contributed by atoms with van der Waals surface area (Å²) in [5, 5.41) is 3.93. The number of halogens is 3. The van der Waals surface area contributed by atoms with Crippen LogP contribution in [0.2, 0.25) is 0 Å². The van der Waals surface area contributed by atoms with Gasteiger partial charge in [0.15, 0.2) is 11.5 Å². The summed E-state index contributed by atoms with van der Waals surface area (Å²) in [5.41, 5.74) is -0.197. The third-order valence-electron chi connectivity index (χ3n) is 4.08. The van der Waals surface area contributed by atoms with Crippen LogP contribution in [-0.4, -0.2) is 20.1 Å². The third kappa shape index (κ3) is 3.42. The second-order valence-corrected chi connectivity index (χ2v) is 6.63. The minimum Gasteiger partial charge on any atom is -0.339 e. The SMILES string of the molecule is Cc1nc2c(c(C(F)(F)F)n1)C[C@H](c1nc(CC(C)C)no1)CC2. The van der Waals surface area contributed by atoms with Gasteiger partial charge >= 0.3 is 6.18 Å². The second-order valence-electron chi connectivity index (χ2n) is 6.63. The van der Waals surface area contributed by atoms with Gasteiger partial charge in [0.05, 0.1) is 0 Å². The fraction of sp³-hybridized carbons (Fsp3) is 0.625. The van der Waals surface area contributed by atoms with Crippen molar-refractivity contribution >= 4 is 0 Å². The van der Waals surface area contributed by atoms with Crippen molar-refractivity contribution in [2.24, 2.45) is 5.92 Å². The summed E-state index contributed by atoms with van der Waals surface area (Å²) >= 11 is 0. The number of alkyl halides is 3. The predicted molar refractivity (Wildman–Crippen MR) is 79.4 cm³/mol. The maximum atomic E-state index is 13.3. The lowest BCUT2D eigenvalue weighted by atomic mass is 9.85. The fourth-order valence-corrected chi connectivity index (χ4v) is 3.06. The minimum atomic E-state index is -4.49. The average molecular weight is 340 g/mol. The van der Waals surface area contributed by atoms with Crippen LogP contribution in [0, 0.1) is 12.8 Å². The maximum absolute atomic E-state index is 13.3. The smallest absolute Gasteiger partial charge is 0.339 e. The van der Waals surface area contributed by atoms with E-state index in [1.807, 2.05) is 13.8 Å². The molecule has 130 valence electrons. The zero-order valence-corrected chi connectivity index (χ0v) is 13.8. The van der Waals surface area contributed by atoms with E-state index in [0.717, 1.165) is 0 Å². The Morgan fingerprint density at radius 1 is 1.21 bits per heavy atom. The Morgan fingerprint density at radius 2 is 1.96 bits per heavy atom. The lowest BCUT2D eigenvalue weighted by Crippen LogP contribution is -2.22. The molecule has 1 atom stereocenters. The average Bonchev–Trinajstić information content (AvgIpc) is 2.92. The van der Waals surface area contributed by atoms with Crippen molar-refractivity contribution in [3.8, 4) is 0 Å². The Morgan fingerprint density at radius 3 is 2.62 bits per heavy atom. The quantitative estimate of drug-likeness (QED) is 0.853. The van der Waals surface area contributed by atoms with Gasteiger partial charge in [-0.15, -0.1) is 0 Å². The molecule has 2 aromatic heterocycles. The molecule has 0 aliphatic heterocycles. The van der Waals surface area contributed by atoms with Gasteiger partial charge in [-0.05, 0) is 32.1 Å². The number of hydrogen-bond acceptors (Lipinski definition) is 5. The lowest BCUT2D eigenvalue weighted by molar-refractivity contribution is -0.142. The molecule has 3 rings (SSSR count). The summed E-state index contributed by atoms with van der Waals surface area (Å²) in [6, 6.07) is 0. The minimum absolute atomic E-state index is 0.150. The van der Waals surface area contributed by atoms with E-state index in [-0.39, 0.29) is 23.7 Å². The largest absolute Gasteiger partial charge is 0.433 e. The highest BCUT2D eigenvalue weighted by molar-refractivity contribution is 5.32. The zero-order chi connectivity index (χ0) is 17.5. The van der Waals surface area contributed by atoms with Gasteiger partial charge in [0.25, 0.3) is 0 Å². The van der Waals surface area contributed by atoms with E-state index < -0.39 is 11.9 Å². The molecular formula is C16H19F3N4O. The molecule has 0 bridgehead atoms. The molecule has 5 nitrogen and oxygen atoms in total. The van der Waals surface area contributed by atoms with Crippen LogP contribution in [0.4, 0.5) is 13.2 Å². The van der Waals surface area contributed by atoms with E-state index >= 15 is 0 Å². The van der Waals surface area contributed by atoms with Crippen molar-refractivity contribution in [2.45, 2.75) is 58.5 Å². The van der Waals surface area contributed by atoms with Gasteiger partial charge in [0, 0.05) is 23.6 Å². The molecule has 0 spiro atoms. The molecule has 0 fully saturated rings. The van der Waals surface area contributed by atoms with E-state index in [2.05, 4.69) is 20.1 Å². The first-order chi connectivity index (χ1) is 11.2. The predicted octanol–water partition coefficient (Wildman–Crippen LogP) is 3.66. The van der Waals surface area contributed by atoms with Gasteiger partial charge in [-0.3, -0.25) is 0 Å². The van der Waals surface area contributed by atoms with E-state index in [4.69, 9.17) is 4.52 Å². The Kier molecular flexibility index (Phi) is 4.31. The molecule has 0 unspecified atom stereocenters. The molecule has 2 heterocycles. The Labute approximate surface area is 137 Å². The van der Waals surface area contributed by atoms with Gasteiger partial charge in [-0.2, -0.15) is 18.2 Å².